The second-order valence-electron chi connectivity index (χ2n) is 9.54. The average molecular weight is 589 g/mol. The van der Waals surface area contributed by atoms with Crippen molar-refractivity contribution in [3.05, 3.63) is 106 Å². The average Bonchev–Trinajstić information content (AvgIpc) is 3.40. The lowest BCUT2D eigenvalue weighted by Gasteiger charge is -2.29. The van der Waals surface area contributed by atoms with Crippen LogP contribution in [0.4, 0.5) is 11.4 Å². The van der Waals surface area contributed by atoms with E-state index in [0.717, 1.165) is 44.2 Å². The summed E-state index contributed by atoms with van der Waals surface area (Å²) in [5, 5.41) is 7.18. The van der Waals surface area contributed by atoms with Gasteiger partial charge in [0.2, 0.25) is 5.91 Å². The fourth-order valence-electron chi connectivity index (χ4n) is 5.23. The highest BCUT2D eigenvalue weighted by Crippen LogP contribution is 2.44. The molecule has 0 aliphatic carbocycles. The van der Waals surface area contributed by atoms with E-state index in [2.05, 4.69) is 80.2 Å². The molecule has 1 fully saturated rings. The van der Waals surface area contributed by atoms with Gasteiger partial charge in [0.1, 0.15) is 0 Å². The molecule has 2 N–H and O–H groups in total. The standard InChI is InChI=1S/C30H30BrN5OS/c1-5-27(37)33-25-13-12-23(15-18(25)2)36-29(28(34-30(36)38)26-11-6-7-14-32-26)24-16-19(3)35(20(24)4)22-10-8-9-21(31)17-22/h6-17,28-29H,5H2,1-4H3,(H,33,37)(H,34,38)/t28-,29-/m0/s1. The Hall–Kier alpha value is -3.49. The van der Waals surface area contributed by atoms with E-state index >= 15 is 0 Å². The number of benzene rings is 2. The molecule has 2 aromatic heterocycles. The minimum Gasteiger partial charge on any atom is -0.351 e. The molecule has 38 heavy (non-hydrogen) atoms. The molecule has 1 aliphatic heterocycles. The number of pyridine rings is 1. The Kier molecular flexibility index (Phi) is 7.36. The quantitative estimate of drug-likeness (QED) is 0.236. The third-order valence-electron chi connectivity index (χ3n) is 7.04. The first-order chi connectivity index (χ1) is 18.3. The smallest absolute Gasteiger partial charge is 0.224 e. The van der Waals surface area contributed by atoms with Gasteiger partial charge >= 0.3 is 0 Å². The summed E-state index contributed by atoms with van der Waals surface area (Å²) in [4.78, 5) is 18.9. The molecule has 3 heterocycles. The number of hydrogen-bond donors (Lipinski definition) is 2. The number of nitrogens with zero attached hydrogens (tertiary/aromatic N) is 3. The second kappa shape index (κ2) is 10.7. The van der Waals surface area contributed by atoms with Crippen LogP contribution in [-0.4, -0.2) is 20.6 Å². The number of halogens is 1. The first-order valence-electron chi connectivity index (χ1n) is 12.6. The SMILES string of the molecule is CCC(=O)Nc1ccc(N2C(=S)N[C@@H](c3ccccn3)[C@@H]2c2cc(C)n(-c3cccc(Br)c3)c2C)cc1C. The predicted molar refractivity (Wildman–Crippen MR) is 161 cm³/mol. The van der Waals surface area contributed by atoms with E-state index in [4.69, 9.17) is 17.2 Å². The Balaban J connectivity index is 1.64. The highest BCUT2D eigenvalue weighted by atomic mass is 79.9. The lowest BCUT2D eigenvalue weighted by atomic mass is 9.96. The van der Waals surface area contributed by atoms with Gasteiger partial charge in [-0.25, -0.2) is 0 Å². The van der Waals surface area contributed by atoms with Crippen molar-refractivity contribution in [3.8, 4) is 5.69 Å². The molecule has 0 spiro atoms. The van der Waals surface area contributed by atoms with E-state index < -0.39 is 0 Å². The fraction of sp³-hybridized carbons (Fsp3) is 0.233. The van der Waals surface area contributed by atoms with Gasteiger partial charge in [-0.1, -0.05) is 35.0 Å². The molecule has 0 unspecified atom stereocenters. The van der Waals surface area contributed by atoms with Gasteiger partial charge in [-0.15, -0.1) is 0 Å². The molecule has 6 nitrogen and oxygen atoms in total. The molecular formula is C30H30BrN5OS. The maximum atomic E-state index is 12.0. The summed E-state index contributed by atoms with van der Waals surface area (Å²) in [5.74, 6) is -0.00714. The molecule has 2 aromatic carbocycles. The molecule has 0 bridgehead atoms. The number of hydrogen-bond acceptors (Lipinski definition) is 3. The van der Waals surface area contributed by atoms with Crippen molar-refractivity contribution in [2.75, 3.05) is 10.2 Å². The van der Waals surface area contributed by atoms with Crippen LogP contribution < -0.4 is 15.5 Å². The van der Waals surface area contributed by atoms with E-state index in [-0.39, 0.29) is 18.0 Å². The zero-order valence-electron chi connectivity index (χ0n) is 21.8. The molecule has 1 amide bonds. The molecule has 2 atom stereocenters. The normalized spacial score (nSPS) is 17.0. The van der Waals surface area contributed by atoms with E-state index in [1.54, 1.807) is 0 Å². The van der Waals surface area contributed by atoms with E-state index in [9.17, 15) is 4.79 Å². The van der Waals surface area contributed by atoms with Crippen LogP contribution in [0.5, 0.6) is 0 Å². The van der Waals surface area contributed by atoms with E-state index in [1.807, 2.05) is 56.4 Å². The first-order valence-corrected chi connectivity index (χ1v) is 13.8. The number of aryl methyl sites for hydroxylation is 2. The van der Waals surface area contributed by atoms with Gasteiger partial charge < -0.3 is 20.1 Å². The van der Waals surface area contributed by atoms with Crippen molar-refractivity contribution >= 4 is 50.5 Å². The van der Waals surface area contributed by atoms with Crippen LogP contribution in [0.25, 0.3) is 5.69 Å². The second-order valence-corrected chi connectivity index (χ2v) is 10.8. The summed E-state index contributed by atoms with van der Waals surface area (Å²) in [7, 11) is 0. The topological polar surface area (TPSA) is 62.2 Å². The molecular weight excluding hydrogens is 558 g/mol. The largest absolute Gasteiger partial charge is 0.351 e. The van der Waals surface area contributed by atoms with Crippen molar-refractivity contribution in [2.24, 2.45) is 0 Å². The maximum Gasteiger partial charge on any atom is 0.224 e. The molecule has 0 radical (unpaired) electrons. The van der Waals surface area contributed by atoms with Gasteiger partial charge in [-0.2, -0.15) is 0 Å². The highest BCUT2D eigenvalue weighted by Gasteiger charge is 2.42. The molecule has 5 rings (SSSR count). The van der Waals surface area contributed by atoms with Crippen LogP contribution >= 0.6 is 28.1 Å². The summed E-state index contributed by atoms with van der Waals surface area (Å²) in [5.41, 5.74) is 8.24. The minimum absolute atomic E-state index is 0.00714. The lowest BCUT2D eigenvalue weighted by Crippen LogP contribution is -2.29. The Morgan fingerprint density at radius 3 is 2.55 bits per heavy atom. The maximum absolute atomic E-state index is 12.0. The molecule has 1 saturated heterocycles. The fourth-order valence-corrected chi connectivity index (χ4v) is 5.96. The number of anilines is 2. The molecule has 194 valence electrons. The van der Waals surface area contributed by atoms with Gasteiger partial charge in [0.25, 0.3) is 0 Å². The number of thiocarbonyl (C=S) groups is 1. The summed E-state index contributed by atoms with van der Waals surface area (Å²) < 4.78 is 3.32. The molecule has 0 saturated carbocycles. The number of rotatable bonds is 6. The predicted octanol–water partition coefficient (Wildman–Crippen LogP) is 7.09. The monoisotopic (exact) mass is 587 g/mol. The number of amides is 1. The van der Waals surface area contributed by atoms with Gasteiger partial charge in [-0.05, 0) is 98.7 Å². The van der Waals surface area contributed by atoms with Crippen LogP contribution in [0, 0.1) is 20.8 Å². The van der Waals surface area contributed by atoms with Crippen molar-refractivity contribution in [1.82, 2.24) is 14.9 Å². The van der Waals surface area contributed by atoms with Crippen molar-refractivity contribution in [3.63, 3.8) is 0 Å². The van der Waals surface area contributed by atoms with Crippen LogP contribution in [-0.2, 0) is 4.79 Å². The van der Waals surface area contributed by atoms with Gasteiger partial charge in [0.05, 0.1) is 17.8 Å². The van der Waals surface area contributed by atoms with Crippen molar-refractivity contribution < 1.29 is 4.79 Å². The molecule has 4 aromatic rings. The van der Waals surface area contributed by atoms with Gasteiger partial charge in [0.15, 0.2) is 5.11 Å². The van der Waals surface area contributed by atoms with Crippen LogP contribution in [0.1, 0.15) is 53.6 Å². The summed E-state index contributed by atoms with van der Waals surface area (Å²) in [6, 6.07) is 22.4. The number of aromatic nitrogens is 2. The molecule has 8 heteroatoms. The zero-order valence-corrected chi connectivity index (χ0v) is 24.2. The van der Waals surface area contributed by atoms with Gasteiger partial charge in [0, 0.05) is 45.5 Å². The molecule has 1 aliphatic rings. The Morgan fingerprint density at radius 1 is 1.05 bits per heavy atom. The first kappa shape index (κ1) is 26.1. The van der Waals surface area contributed by atoms with E-state index in [0.29, 0.717) is 11.5 Å². The van der Waals surface area contributed by atoms with Crippen molar-refractivity contribution in [1.29, 1.82) is 0 Å². The third-order valence-corrected chi connectivity index (χ3v) is 7.84. The number of carbonyl (C=O) groups is 1. The van der Waals surface area contributed by atoms with Gasteiger partial charge in [-0.3, -0.25) is 9.78 Å². The number of nitrogens with one attached hydrogen (secondary N) is 2. The summed E-state index contributed by atoms with van der Waals surface area (Å²) in [6.45, 7) is 8.15. The van der Waals surface area contributed by atoms with Crippen molar-refractivity contribution in [2.45, 2.75) is 46.2 Å². The van der Waals surface area contributed by atoms with Crippen LogP contribution in [0.2, 0.25) is 0 Å². The minimum atomic E-state index is -0.139. The lowest BCUT2D eigenvalue weighted by molar-refractivity contribution is -0.115. The summed E-state index contributed by atoms with van der Waals surface area (Å²) in [6.07, 6.45) is 2.25. The third kappa shape index (κ3) is 4.86. The Morgan fingerprint density at radius 2 is 1.87 bits per heavy atom. The van der Waals surface area contributed by atoms with Crippen LogP contribution in [0.3, 0.4) is 0 Å². The van der Waals surface area contributed by atoms with E-state index in [1.165, 1.54) is 5.56 Å². The Labute approximate surface area is 237 Å². The zero-order chi connectivity index (χ0) is 27.0. The van der Waals surface area contributed by atoms with Crippen LogP contribution in [0.15, 0.2) is 77.4 Å². The number of carbonyl (C=O) groups excluding carboxylic acids is 1. The Bertz CT molecular complexity index is 1520. The summed E-state index contributed by atoms with van der Waals surface area (Å²) >= 11 is 9.56. The highest BCUT2D eigenvalue weighted by molar-refractivity contribution is 9.10.